The highest BCUT2D eigenvalue weighted by Crippen LogP contribution is 2.20. The van der Waals surface area contributed by atoms with Gasteiger partial charge in [0.25, 0.3) is 0 Å². The van der Waals surface area contributed by atoms with Gasteiger partial charge >= 0.3 is 0 Å². The fraction of sp³-hybridized carbons (Fsp3) is 0.391. The second kappa shape index (κ2) is 11.0. The Morgan fingerprint density at radius 3 is 2.34 bits per heavy atom. The van der Waals surface area contributed by atoms with E-state index in [1.54, 1.807) is 23.1 Å². The van der Waals surface area contributed by atoms with Crippen molar-refractivity contribution < 1.29 is 14.0 Å². The number of amides is 2. The molecule has 2 aromatic rings. The summed E-state index contributed by atoms with van der Waals surface area (Å²) in [7, 11) is 0. The van der Waals surface area contributed by atoms with Gasteiger partial charge in [-0.15, -0.1) is 0 Å². The van der Waals surface area contributed by atoms with E-state index in [-0.39, 0.29) is 30.6 Å². The van der Waals surface area contributed by atoms with Crippen molar-refractivity contribution in [3.8, 4) is 0 Å². The fourth-order valence-electron chi connectivity index (χ4n) is 3.03. The summed E-state index contributed by atoms with van der Waals surface area (Å²) in [4.78, 5) is 27.5. The molecule has 4 nitrogen and oxygen atoms in total. The maximum Gasteiger partial charge on any atom is 0.242 e. The molecule has 29 heavy (non-hydrogen) atoms. The lowest BCUT2D eigenvalue weighted by molar-refractivity contribution is -0.141. The van der Waals surface area contributed by atoms with Crippen LogP contribution in [0, 0.1) is 11.7 Å². The Hall–Kier alpha value is -2.40. The van der Waals surface area contributed by atoms with Crippen molar-refractivity contribution in [1.82, 2.24) is 10.2 Å². The van der Waals surface area contributed by atoms with E-state index < -0.39 is 6.04 Å². The molecule has 0 spiro atoms. The van der Waals surface area contributed by atoms with Crippen LogP contribution in [-0.4, -0.2) is 29.3 Å². The first kappa shape index (κ1) is 22.9. The molecule has 1 atom stereocenters. The maximum atomic E-state index is 13.2. The van der Waals surface area contributed by atoms with Gasteiger partial charge in [0.15, 0.2) is 0 Å². The summed E-state index contributed by atoms with van der Waals surface area (Å²) in [6, 6.07) is 12.5. The van der Waals surface area contributed by atoms with Crippen molar-refractivity contribution >= 4 is 23.4 Å². The highest BCUT2D eigenvalue weighted by atomic mass is 35.5. The van der Waals surface area contributed by atoms with Crippen molar-refractivity contribution in [3.63, 3.8) is 0 Å². The first-order valence-electron chi connectivity index (χ1n) is 9.86. The Labute approximate surface area is 177 Å². The van der Waals surface area contributed by atoms with Crippen LogP contribution in [0.5, 0.6) is 0 Å². The molecule has 0 fully saturated rings. The summed E-state index contributed by atoms with van der Waals surface area (Å²) in [6.45, 7) is 6.68. The van der Waals surface area contributed by atoms with Crippen LogP contribution in [0.3, 0.4) is 0 Å². The minimum Gasteiger partial charge on any atom is -0.354 e. The molecule has 0 bridgehead atoms. The molecule has 2 rings (SSSR count). The lowest BCUT2D eigenvalue weighted by Gasteiger charge is -2.31. The lowest BCUT2D eigenvalue weighted by Crippen LogP contribution is -2.50. The molecule has 0 saturated heterocycles. The molecule has 0 saturated carbocycles. The number of hydrogen-bond acceptors (Lipinski definition) is 2. The van der Waals surface area contributed by atoms with Gasteiger partial charge in [-0.2, -0.15) is 0 Å². The molecular formula is C23H28ClFN2O2. The summed E-state index contributed by atoms with van der Waals surface area (Å²) in [5, 5.41) is 3.47. The van der Waals surface area contributed by atoms with E-state index in [1.807, 2.05) is 39.0 Å². The van der Waals surface area contributed by atoms with Gasteiger partial charge in [-0.1, -0.05) is 62.7 Å². The molecule has 156 valence electrons. The standard InChI is InChI=1S/C23H28ClFN2O2/c1-4-21(23(29)26-14-16(2)3)27(15-18-7-5-6-8-20(18)24)22(28)13-17-9-11-19(25)12-10-17/h5-12,16,21H,4,13-15H2,1-3H3,(H,26,29)/t21-/m0/s1. The summed E-state index contributed by atoms with van der Waals surface area (Å²) in [5.74, 6) is -0.430. The van der Waals surface area contributed by atoms with E-state index in [2.05, 4.69) is 5.32 Å². The van der Waals surface area contributed by atoms with Crippen LogP contribution in [0.2, 0.25) is 5.02 Å². The Balaban J connectivity index is 2.27. The average Bonchev–Trinajstić information content (AvgIpc) is 2.69. The summed E-state index contributed by atoms with van der Waals surface area (Å²) in [5.41, 5.74) is 1.47. The number of carbonyl (C=O) groups is 2. The van der Waals surface area contributed by atoms with E-state index in [4.69, 9.17) is 11.6 Å². The lowest BCUT2D eigenvalue weighted by atomic mass is 10.1. The zero-order valence-electron chi connectivity index (χ0n) is 17.1. The van der Waals surface area contributed by atoms with Crippen LogP contribution in [0.25, 0.3) is 0 Å². The number of halogens is 2. The van der Waals surface area contributed by atoms with Crippen LogP contribution in [-0.2, 0) is 22.6 Å². The summed E-state index contributed by atoms with van der Waals surface area (Å²) in [6.07, 6.45) is 0.558. The molecule has 0 heterocycles. The maximum absolute atomic E-state index is 13.2. The van der Waals surface area contributed by atoms with E-state index in [0.29, 0.717) is 29.5 Å². The molecule has 0 aromatic heterocycles. The van der Waals surface area contributed by atoms with Crippen LogP contribution >= 0.6 is 11.6 Å². The van der Waals surface area contributed by atoms with E-state index in [1.165, 1.54) is 12.1 Å². The summed E-state index contributed by atoms with van der Waals surface area (Å²) >= 11 is 6.30. The van der Waals surface area contributed by atoms with Gasteiger partial charge in [0.05, 0.1) is 6.42 Å². The highest BCUT2D eigenvalue weighted by molar-refractivity contribution is 6.31. The monoisotopic (exact) mass is 418 g/mol. The SMILES string of the molecule is CC[C@@H](C(=O)NCC(C)C)N(Cc1ccccc1Cl)C(=O)Cc1ccc(F)cc1. The molecule has 0 unspecified atom stereocenters. The van der Waals surface area contributed by atoms with Gasteiger partial charge in [0.1, 0.15) is 11.9 Å². The van der Waals surface area contributed by atoms with Crippen molar-refractivity contribution in [3.05, 3.63) is 70.5 Å². The largest absolute Gasteiger partial charge is 0.354 e. The Morgan fingerprint density at radius 1 is 1.10 bits per heavy atom. The van der Waals surface area contributed by atoms with Gasteiger partial charge in [-0.05, 0) is 41.7 Å². The molecule has 2 amide bonds. The first-order chi connectivity index (χ1) is 13.8. The molecular weight excluding hydrogens is 391 g/mol. The van der Waals surface area contributed by atoms with E-state index in [9.17, 15) is 14.0 Å². The Morgan fingerprint density at radius 2 is 1.76 bits per heavy atom. The molecule has 0 radical (unpaired) electrons. The topological polar surface area (TPSA) is 49.4 Å². The Kier molecular flexibility index (Phi) is 8.65. The number of benzene rings is 2. The smallest absolute Gasteiger partial charge is 0.242 e. The highest BCUT2D eigenvalue weighted by Gasteiger charge is 2.29. The molecule has 0 aliphatic carbocycles. The normalized spacial score (nSPS) is 11.9. The van der Waals surface area contributed by atoms with Crippen LogP contribution < -0.4 is 5.32 Å². The van der Waals surface area contributed by atoms with Gasteiger partial charge in [-0.3, -0.25) is 9.59 Å². The third kappa shape index (κ3) is 6.86. The first-order valence-corrected chi connectivity index (χ1v) is 10.2. The molecule has 2 aromatic carbocycles. The molecule has 0 aliphatic rings. The average molecular weight is 419 g/mol. The third-order valence-corrected chi connectivity index (χ3v) is 5.01. The second-order valence-corrected chi connectivity index (χ2v) is 7.89. The minimum absolute atomic E-state index is 0.0820. The van der Waals surface area contributed by atoms with Gasteiger partial charge in [0, 0.05) is 18.1 Å². The zero-order valence-corrected chi connectivity index (χ0v) is 17.9. The minimum atomic E-state index is -0.613. The van der Waals surface area contributed by atoms with Crippen LogP contribution in [0.1, 0.15) is 38.3 Å². The third-order valence-electron chi connectivity index (χ3n) is 4.64. The van der Waals surface area contributed by atoms with Gasteiger partial charge in [-0.25, -0.2) is 4.39 Å². The second-order valence-electron chi connectivity index (χ2n) is 7.48. The van der Waals surface area contributed by atoms with Crippen LogP contribution in [0.4, 0.5) is 4.39 Å². The quantitative estimate of drug-likeness (QED) is 0.646. The zero-order chi connectivity index (χ0) is 21.4. The van der Waals surface area contributed by atoms with Crippen molar-refractivity contribution in [2.24, 2.45) is 5.92 Å². The van der Waals surface area contributed by atoms with Crippen LogP contribution in [0.15, 0.2) is 48.5 Å². The number of hydrogen-bond donors (Lipinski definition) is 1. The van der Waals surface area contributed by atoms with Gasteiger partial charge in [0.2, 0.25) is 11.8 Å². The predicted molar refractivity (Wildman–Crippen MR) is 114 cm³/mol. The Bertz CT molecular complexity index is 824. The van der Waals surface area contributed by atoms with E-state index in [0.717, 1.165) is 5.56 Å². The summed E-state index contributed by atoms with van der Waals surface area (Å²) < 4.78 is 13.2. The van der Waals surface area contributed by atoms with E-state index >= 15 is 0 Å². The van der Waals surface area contributed by atoms with Crippen molar-refractivity contribution in [2.45, 2.75) is 46.2 Å². The van der Waals surface area contributed by atoms with Crippen molar-refractivity contribution in [1.29, 1.82) is 0 Å². The number of nitrogens with one attached hydrogen (secondary N) is 1. The number of rotatable bonds is 9. The molecule has 0 aliphatic heterocycles. The molecule has 6 heteroatoms. The van der Waals surface area contributed by atoms with Crippen molar-refractivity contribution in [2.75, 3.05) is 6.54 Å². The number of nitrogens with zero attached hydrogens (tertiary/aromatic N) is 1. The molecule has 1 N–H and O–H groups in total. The van der Waals surface area contributed by atoms with Gasteiger partial charge < -0.3 is 10.2 Å². The fourth-order valence-corrected chi connectivity index (χ4v) is 3.23. The predicted octanol–water partition coefficient (Wildman–Crippen LogP) is 4.60. The number of carbonyl (C=O) groups excluding carboxylic acids is 2.